The maximum Gasteiger partial charge on any atom is 0.193 e. The highest BCUT2D eigenvalue weighted by Crippen LogP contribution is 2.29. The molecule has 2 rings (SSSR count). The lowest BCUT2D eigenvalue weighted by molar-refractivity contribution is 0.0221. The minimum absolute atomic E-state index is 0. The summed E-state index contributed by atoms with van der Waals surface area (Å²) in [6.45, 7) is 11.3. The minimum Gasteiger partial charge on any atom is -0.494 e. The molecule has 26 heavy (non-hydrogen) atoms. The molecule has 0 spiro atoms. The van der Waals surface area contributed by atoms with Crippen molar-refractivity contribution in [1.82, 2.24) is 4.90 Å². The normalized spacial score (nSPS) is 16.5. The molecule has 1 aromatic rings. The molecule has 7 nitrogen and oxygen atoms in total. The van der Waals surface area contributed by atoms with E-state index in [1.54, 1.807) is 0 Å². The second-order valence-corrected chi connectivity index (χ2v) is 5.87. The van der Waals surface area contributed by atoms with Crippen LogP contribution in [-0.4, -0.2) is 63.0 Å². The van der Waals surface area contributed by atoms with Gasteiger partial charge in [-0.15, -0.1) is 24.0 Å². The SMILES string of the molecule is CCOc1ccc(OCC)c(NC(N)=NCC(C)N2CCOCC2)c1.I. The summed E-state index contributed by atoms with van der Waals surface area (Å²) in [7, 11) is 0. The number of hydrogen-bond donors (Lipinski definition) is 2. The fourth-order valence-corrected chi connectivity index (χ4v) is 2.69. The van der Waals surface area contributed by atoms with Crippen LogP contribution >= 0.6 is 24.0 Å². The number of nitrogens with zero attached hydrogens (tertiary/aromatic N) is 2. The van der Waals surface area contributed by atoms with Gasteiger partial charge in [0.2, 0.25) is 0 Å². The van der Waals surface area contributed by atoms with Crippen LogP contribution in [0.3, 0.4) is 0 Å². The fraction of sp³-hybridized carbons (Fsp3) is 0.611. The van der Waals surface area contributed by atoms with Crippen molar-refractivity contribution < 1.29 is 14.2 Å². The quantitative estimate of drug-likeness (QED) is 0.340. The molecule has 1 unspecified atom stereocenters. The Kier molecular flexibility index (Phi) is 10.7. The number of rotatable bonds is 8. The maximum atomic E-state index is 6.07. The number of ether oxygens (including phenoxy) is 3. The summed E-state index contributed by atoms with van der Waals surface area (Å²) in [4.78, 5) is 6.84. The molecule has 1 heterocycles. The molecule has 0 radical (unpaired) electrons. The van der Waals surface area contributed by atoms with Crippen molar-refractivity contribution in [2.24, 2.45) is 10.7 Å². The van der Waals surface area contributed by atoms with Crippen LogP contribution in [0.1, 0.15) is 20.8 Å². The van der Waals surface area contributed by atoms with Crippen molar-refractivity contribution in [3.05, 3.63) is 18.2 Å². The Bertz CT molecular complexity index is 565. The van der Waals surface area contributed by atoms with E-state index in [1.807, 2.05) is 32.0 Å². The first-order valence-corrected chi connectivity index (χ1v) is 8.92. The van der Waals surface area contributed by atoms with E-state index in [2.05, 4.69) is 22.1 Å². The Morgan fingerprint density at radius 1 is 1.27 bits per heavy atom. The van der Waals surface area contributed by atoms with Crippen LogP contribution in [0.2, 0.25) is 0 Å². The Balaban J connectivity index is 0.00000338. The molecule has 1 fully saturated rings. The summed E-state index contributed by atoms with van der Waals surface area (Å²) in [5, 5.41) is 3.13. The van der Waals surface area contributed by atoms with Crippen molar-refractivity contribution >= 4 is 35.6 Å². The number of benzene rings is 1. The molecule has 0 aromatic heterocycles. The van der Waals surface area contributed by atoms with Crippen LogP contribution in [0.15, 0.2) is 23.2 Å². The van der Waals surface area contributed by atoms with Gasteiger partial charge in [-0.1, -0.05) is 0 Å². The molecule has 0 amide bonds. The van der Waals surface area contributed by atoms with Gasteiger partial charge in [0.15, 0.2) is 5.96 Å². The smallest absolute Gasteiger partial charge is 0.193 e. The molecule has 8 heteroatoms. The standard InChI is InChI=1S/C18H30N4O3.HI/c1-4-24-15-6-7-17(25-5-2)16(12-15)21-18(19)20-13-14(3)22-8-10-23-11-9-22;/h6-7,12,14H,4-5,8-11,13H2,1-3H3,(H3,19,20,21);1H. The first-order chi connectivity index (χ1) is 12.1. The summed E-state index contributed by atoms with van der Waals surface area (Å²) in [6, 6.07) is 5.96. The number of guanidine groups is 1. The second-order valence-electron chi connectivity index (χ2n) is 5.87. The highest BCUT2D eigenvalue weighted by Gasteiger charge is 2.16. The van der Waals surface area contributed by atoms with Gasteiger partial charge >= 0.3 is 0 Å². The van der Waals surface area contributed by atoms with E-state index >= 15 is 0 Å². The topological polar surface area (TPSA) is 81.3 Å². The van der Waals surface area contributed by atoms with Gasteiger partial charge in [0.25, 0.3) is 0 Å². The molecule has 0 bridgehead atoms. The molecule has 1 atom stereocenters. The fourth-order valence-electron chi connectivity index (χ4n) is 2.69. The highest BCUT2D eigenvalue weighted by atomic mass is 127. The van der Waals surface area contributed by atoms with E-state index < -0.39 is 0 Å². The van der Waals surface area contributed by atoms with Gasteiger partial charge in [-0.3, -0.25) is 9.89 Å². The van der Waals surface area contributed by atoms with Gasteiger partial charge in [-0.2, -0.15) is 0 Å². The highest BCUT2D eigenvalue weighted by molar-refractivity contribution is 14.0. The molecular formula is C18H31IN4O3. The number of nitrogens with two attached hydrogens (primary N) is 1. The number of nitrogens with one attached hydrogen (secondary N) is 1. The minimum atomic E-state index is 0. The van der Waals surface area contributed by atoms with Crippen LogP contribution in [0.4, 0.5) is 5.69 Å². The van der Waals surface area contributed by atoms with Crippen molar-refractivity contribution in [2.45, 2.75) is 26.8 Å². The molecule has 1 aromatic carbocycles. The van der Waals surface area contributed by atoms with Gasteiger partial charge in [0, 0.05) is 25.2 Å². The van der Waals surface area contributed by atoms with E-state index in [0.717, 1.165) is 43.5 Å². The average molecular weight is 478 g/mol. The van der Waals surface area contributed by atoms with Crippen LogP contribution in [0.25, 0.3) is 0 Å². The van der Waals surface area contributed by atoms with E-state index in [0.29, 0.717) is 31.8 Å². The molecule has 148 valence electrons. The lowest BCUT2D eigenvalue weighted by Gasteiger charge is -2.31. The Morgan fingerprint density at radius 2 is 1.96 bits per heavy atom. The van der Waals surface area contributed by atoms with Crippen molar-refractivity contribution in [3.8, 4) is 11.5 Å². The van der Waals surface area contributed by atoms with Crippen molar-refractivity contribution in [2.75, 3.05) is 51.4 Å². The number of anilines is 1. The first-order valence-electron chi connectivity index (χ1n) is 8.92. The molecule has 3 N–H and O–H groups in total. The lowest BCUT2D eigenvalue weighted by Crippen LogP contribution is -2.43. The van der Waals surface area contributed by atoms with Gasteiger partial charge in [0.05, 0.1) is 38.7 Å². The Hall–Kier alpha value is -1.26. The summed E-state index contributed by atoms with van der Waals surface area (Å²) < 4.78 is 16.6. The zero-order valence-electron chi connectivity index (χ0n) is 15.9. The lowest BCUT2D eigenvalue weighted by atomic mass is 10.2. The number of hydrogen-bond acceptors (Lipinski definition) is 5. The van der Waals surface area contributed by atoms with Gasteiger partial charge in [-0.25, -0.2) is 0 Å². The summed E-state index contributed by atoms with van der Waals surface area (Å²) >= 11 is 0. The van der Waals surface area contributed by atoms with E-state index in [-0.39, 0.29) is 24.0 Å². The molecule has 0 aliphatic carbocycles. The third kappa shape index (κ3) is 7.16. The molecule has 1 aliphatic rings. The number of morpholine rings is 1. The van der Waals surface area contributed by atoms with Crippen molar-refractivity contribution in [3.63, 3.8) is 0 Å². The number of halogens is 1. The van der Waals surface area contributed by atoms with E-state index in [4.69, 9.17) is 19.9 Å². The molecule has 1 aliphatic heterocycles. The van der Waals surface area contributed by atoms with Gasteiger partial charge in [0.1, 0.15) is 11.5 Å². The predicted molar refractivity (Wildman–Crippen MR) is 116 cm³/mol. The second kappa shape index (κ2) is 12.2. The third-order valence-corrected chi connectivity index (χ3v) is 4.02. The van der Waals surface area contributed by atoms with Crippen molar-refractivity contribution in [1.29, 1.82) is 0 Å². The Labute approximate surface area is 173 Å². The summed E-state index contributed by atoms with van der Waals surface area (Å²) in [5.74, 6) is 1.86. The molecule has 0 saturated carbocycles. The van der Waals surface area contributed by atoms with Gasteiger partial charge in [-0.05, 0) is 32.9 Å². The van der Waals surface area contributed by atoms with Crippen LogP contribution in [0, 0.1) is 0 Å². The van der Waals surface area contributed by atoms with Gasteiger partial charge < -0.3 is 25.3 Å². The van der Waals surface area contributed by atoms with E-state index in [9.17, 15) is 0 Å². The van der Waals surface area contributed by atoms with E-state index in [1.165, 1.54) is 0 Å². The zero-order chi connectivity index (χ0) is 18.1. The largest absolute Gasteiger partial charge is 0.494 e. The Morgan fingerprint density at radius 3 is 2.62 bits per heavy atom. The average Bonchev–Trinajstić information content (AvgIpc) is 2.63. The number of aliphatic imine (C=N–C) groups is 1. The maximum absolute atomic E-state index is 6.07. The van der Waals surface area contributed by atoms with Crippen LogP contribution < -0.4 is 20.5 Å². The zero-order valence-corrected chi connectivity index (χ0v) is 18.2. The van der Waals surface area contributed by atoms with Crippen LogP contribution in [-0.2, 0) is 4.74 Å². The predicted octanol–water partition coefficient (Wildman–Crippen LogP) is 2.55. The third-order valence-electron chi connectivity index (χ3n) is 4.02. The molecule has 1 saturated heterocycles. The van der Waals surface area contributed by atoms with Crippen LogP contribution in [0.5, 0.6) is 11.5 Å². The monoisotopic (exact) mass is 478 g/mol. The first kappa shape index (κ1) is 22.8. The summed E-state index contributed by atoms with van der Waals surface area (Å²) in [5.41, 5.74) is 6.83. The molecular weight excluding hydrogens is 447 g/mol. The summed E-state index contributed by atoms with van der Waals surface area (Å²) in [6.07, 6.45) is 0.